The molecular weight excluding hydrogens is 475 g/mol. The first-order chi connectivity index (χ1) is 16.4. The quantitative estimate of drug-likeness (QED) is 0.405. The summed E-state index contributed by atoms with van der Waals surface area (Å²) in [7, 11) is 0. The molecular formula is C24H21FN4O3S2. The lowest BCUT2D eigenvalue weighted by Crippen LogP contribution is -2.38. The average Bonchev–Trinajstić information content (AvgIpc) is 3.10. The number of morpholine rings is 1. The lowest BCUT2D eigenvalue weighted by Gasteiger charge is -2.29. The third kappa shape index (κ3) is 4.24. The van der Waals surface area contributed by atoms with E-state index in [0.29, 0.717) is 52.6 Å². The van der Waals surface area contributed by atoms with Crippen LogP contribution < -0.4 is 10.5 Å². The van der Waals surface area contributed by atoms with Gasteiger partial charge in [-0.25, -0.2) is 9.37 Å². The van der Waals surface area contributed by atoms with Crippen LogP contribution in [-0.4, -0.2) is 50.8 Å². The minimum atomic E-state index is -0.343. The molecule has 2 aromatic heterocycles. The van der Waals surface area contributed by atoms with E-state index in [-0.39, 0.29) is 23.8 Å². The second-order valence-corrected chi connectivity index (χ2v) is 9.71. The summed E-state index contributed by atoms with van der Waals surface area (Å²) in [4.78, 5) is 35.4. The molecule has 1 aromatic carbocycles. The molecule has 5 rings (SSSR count). The lowest BCUT2D eigenvalue weighted by molar-refractivity contribution is -0.122. The number of benzene rings is 1. The first-order valence-electron chi connectivity index (χ1n) is 10.8. The molecule has 0 aliphatic carbocycles. The van der Waals surface area contributed by atoms with E-state index in [1.54, 1.807) is 30.5 Å². The number of thiocarbonyl (C=S) groups is 1. The number of ether oxygens (including phenoxy) is 1. The Labute approximate surface area is 204 Å². The summed E-state index contributed by atoms with van der Waals surface area (Å²) in [6, 6.07) is 9.64. The maximum absolute atomic E-state index is 13.5. The standard InChI is InChI=1S/C24H21FN4O3S2/c1-15-3-2-8-28-20(15)26-21(27-9-11-32-12-10-27)18(22(28)30)13-19-23(31)29(24(33)34-19)14-16-4-6-17(25)7-5-16/h2-8,13H,9-12,14H2,1H3/b19-13+. The Bertz CT molecular complexity index is 1380. The number of fused-ring (bicyclic) bond motifs is 1. The molecule has 0 saturated carbocycles. The molecule has 2 saturated heterocycles. The van der Waals surface area contributed by atoms with Crippen LogP contribution in [0.25, 0.3) is 11.7 Å². The molecule has 0 N–H and O–H groups in total. The largest absolute Gasteiger partial charge is 0.378 e. The molecule has 0 unspecified atom stereocenters. The van der Waals surface area contributed by atoms with Crippen LogP contribution in [0, 0.1) is 12.7 Å². The van der Waals surface area contributed by atoms with Crippen LogP contribution in [0.5, 0.6) is 0 Å². The summed E-state index contributed by atoms with van der Waals surface area (Å²) >= 11 is 6.60. The molecule has 34 heavy (non-hydrogen) atoms. The van der Waals surface area contributed by atoms with E-state index < -0.39 is 0 Å². The van der Waals surface area contributed by atoms with Gasteiger partial charge in [0.25, 0.3) is 11.5 Å². The van der Waals surface area contributed by atoms with Gasteiger partial charge in [-0.2, -0.15) is 0 Å². The minimum Gasteiger partial charge on any atom is -0.378 e. The van der Waals surface area contributed by atoms with Crippen molar-refractivity contribution in [2.75, 3.05) is 31.2 Å². The number of amides is 1. The summed E-state index contributed by atoms with van der Waals surface area (Å²) in [5.74, 6) is -0.100. The molecule has 2 aliphatic heterocycles. The first-order valence-corrected chi connectivity index (χ1v) is 12.0. The molecule has 2 fully saturated rings. The Morgan fingerprint density at radius 1 is 1.18 bits per heavy atom. The van der Waals surface area contributed by atoms with Crippen molar-refractivity contribution in [3.63, 3.8) is 0 Å². The summed E-state index contributed by atoms with van der Waals surface area (Å²) in [6.45, 7) is 4.40. The van der Waals surface area contributed by atoms with E-state index in [4.69, 9.17) is 21.9 Å². The molecule has 10 heteroatoms. The monoisotopic (exact) mass is 496 g/mol. The van der Waals surface area contributed by atoms with Crippen LogP contribution in [0.2, 0.25) is 0 Å². The van der Waals surface area contributed by atoms with Gasteiger partial charge in [0.05, 0.1) is 30.2 Å². The smallest absolute Gasteiger partial charge is 0.267 e. The van der Waals surface area contributed by atoms with Crippen molar-refractivity contribution in [1.29, 1.82) is 0 Å². The predicted molar refractivity (Wildman–Crippen MR) is 134 cm³/mol. The van der Waals surface area contributed by atoms with Gasteiger partial charge in [0, 0.05) is 19.3 Å². The van der Waals surface area contributed by atoms with Crippen LogP contribution in [-0.2, 0) is 16.1 Å². The highest BCUT2D eigenvalue weighted by Gasteiger charge is 2.33. The van der Waals surface area contributed by atoms with Crippen molar-refractivity contribution in [3.8, 4) is 0 Å². The maximum atomic E-state index is 13.5. The van der Waals surface area contributed by atoms with Crippen LogP contribution >= 0.6 is 24.0 Å². The normalized spacial score (nSPS) is 17.9. The number of aromatic nitrogens is 2. The molecule has 4 heterocycles. The summed E-state index contributed by atoms with van der Waals surface area (Å²) in [6.07, 6.45) is 3.27. The van der Waals surface area contributed by atoms with Gasteiger partial charge in [-0.1, -0.05) is 42.2 Å². The Morgan fingerprint density at radius 2 is 1.91 bits per heavy atom. The number of hydrogen-bond donors (Lipinski definition) is 0. The highest BCUT2D eigenvalue weighted by atomic mass is 32.2. The van der Waals surface area contributed by atoms with Gasteiger partial charge < -0.3 is 9.64 Å². The molecule has 0 spiro atoms. The third-order valence-electron chi connectivity index (χ3n) is 5.78. The zero-order chi connectivity index (χ0) is 23.8. The molecule has 1 amide bonds. The van der Waals surface area contributed by atoms with Crippen LogP contribution in [0.3, 0.4) is 0 Å². The van der Waals surface area contributed by atoms with Crippen molar-refractivity contribution in [2.45, 2.75) is 13.5 Å². The average molecular weight is 497 g/mol. The number of thioether (sulfide) groups is 1. The Morgan fingerprint density at radius 3 is 2.65 bits per heavy atom. The molecule has 2 aliphatic rings. The molecule has 174 valence electrons. The van der Waals surface area contributed by atoms with Gasteiger partial charge in [-0.3, -0.25) is 18.9 Å². The second kappa shape index (κ2) is 9.28. The molecule has 3 aromatic rings. The minimum absolute atomic E-state index is 0.229. The molecule has 0 bridgehead atoms. The van der Waals surface area contributed by atoms with Crippen LogP contribution in [0.15, 0.2) is 52.3 Å². The Hall–Kier alpha value is -3.08. The lowest BCUT2D eigenvalue weighted by atomic mass is 10.2. The van der Waals surface area contributed by atoms with Crippen molar-refractivity contribution >= 4 is 51.7 Å². The number of rotatable bonds is 4. The predicted octanol–water partition coefficient (Wildman–Crippen LogP) is 3.38. The fourth-order valence-corrected chi connectivity index (χ4v) is 5.22. The zero-order valence-corrected chi connectivity index (χ0v) is 20.0. The van der Waals surface area contributed by atoms with E-state index in [1.165, 1.54) is 21.4 Å². The fraction of sp³-hybridized carbons (Fsp3) is 0.250. The topological polar surface area (TPSA) is 67.2 Å². The van der Waals surface area contributed by atoms with Crippen molar-refractivity contribution in [2.24, 2.45) is 0 Å². The van der Waals surface area contributed by atoms with E-state index in [2.05, 4.69) is 0 Å². The second-order valence-electron chi connectivity index (χ2n) is 8.03. The fourth-order valence-electron chi connectivity index (χ4n) is 3.98. The van der Waals surface area contributed by atoms with E-state index in [0.717, 1.165) is 22.9 Å². The molecule has 0 radical (unpaired) electrons. The number of carbonyl (C=O) groups excluding carboxylic acids is 1. The van der Waals surface area contributed by atoms with Gasteiger partial charge in [0.15, 0.2) is 0 Å². The third-order valence-corrected chi connectivity index (χ3v) is 7.16. The Balaban J connectivity index is 1.57. The number of halogens is 1. The van der Waals surface area contributed by atoms with Gasteiger partial charge in [-0.05, 0) is 42.3 Å². The van der Waals surface area contributed by atoms with E-state index in [1.807, 2.05) is 17.9 Å². The number of anilines is 1. The molecule has 0 atom stereocenters. The highest BCUT2D eigenvalue weighted by Crippen LogP contribution is 2.34. The first kappa shape index (κ1) is 22.7. The molecule has 7 nitrogen and oxygen atoms in total. The van der Waals surface area contributed by atoms with Gasteiger partial charge in [0.2, 0.25) is 0 Å². The number of hydrogen-bond acceptors (Lipinski definition) is 7. The van der Waals surface area contributed by atoms with Crippen LogP contribution in [0.1, 0.15) is 16.7 Å². The number of pyridine rings is 1. The highest BCUT2D eigenvalue weighted by molar-refractivity contribution is 8.26. The van der Waals surface area contributed by atoms with Crippen molar-refractivity contribution in [1.82, 2.24) is 14.3 Å². The number of carbonyl (C=O) groups is 1. The Kier molecular flexibility index (Phi) is 6.20. The summed E-state index contributed by atoms with van der Waals surface area (Å²) in [5, 5.41) is 0. The SMILES string of the molecule is Cc1cccn2c(=O)c(/C=C3/SC(=S)N(Cc4ccc(F)cc4)C3=O)c(N3CCOCC3)nc12. The van der Waals surface area contributed by atoms with Gasteiger partial charge >= 0.3 is 0 Å². The van der Waals surface area contributed by atoms with Crippen molar-refractivity contribution in [3.05, 3.63) is 80.4 Å². The van der Waals surface area contributed by atoms with Gasteiger partial charge in [0.1, 0.15) is 21.6 Å². The zero-order valence-electron chi connectivity index (χ0n) is 18.4. The summed E-state index contributed by atoms with van der Waals surface area (Å²) in [5.41, 5.74) is 2.31. The van der Waals surface area contributed by atoms with Crippen LogP contribution in [0.4, 0.5) is 10.2 Å². The van der Waals surface area contributed by atoms with E-state index in [9.17, 15) is 14.0 Å². The van der Waals surface area contributed by atoms with Crippen molar-refractivity contribution < 1.29 is 13.9 Å². The number of aryl methyl sites for hydroxylation is 1. The van der Waals surface area contributed by atoms with Gasteiger partial charge in [-0.15, -0.1) is 0 Å². The number of nitrogens with zero attached hydrogens (tertiary/aromatic N) is 4. The van der Waals surface area contributed by atoms with E-state index >= 15 is 0 Å². The maximum Gasteiger partial charge on any atom is 0.267 e. The summed E-state index contributed by atoms with van der Waals surface area (Å²) < 4.78 is 20.6.